The highest BCUT2D eigenvalue weighted by atomic mass is 32.1. The van der Waals surface area contributed by atoms with Crippen LogP contribution < -0.4 is 4.90 Å². The molecule has 0 amide bonds. The Labute approximate surface area is 336 Å². The Balaban J connectivity index is 1.15. The third-order valence-corrected chi connectivity index (χ3v) is 13.4. The third kappa shape index (κ3) is 4.56. The van der Waals surface area contributed by atoms with Crippen LogP contribution in [-0.2, 0) is 5.41 Å². The summed E-state index contributed by atoms with van der Waals surface area (Å²) in [4.78, 5) is 2.51. The fraction of sp³-hybridized carbons (Fsp3) is 0.0182. The topological polar surface area (TPSA) is 3.24 Å². The van der Waals surface area contributed by atoms with E-state index in [1.54, 1.807) is 0 Å². The second-order valence-electron chi connectivity index (χ2n) is 15.1. The number of benzene rings is 9. The Hall–Kier alpha value is -7.00. The van der Waals surface area contributed by atoms with E-state index in [1.807, 2.05) is 11.3 Å². The third-order valence-electron chi connectivity index (χ3n) is 12.3. The molecule has 1 nitrogen and oxygen atoms in total. The van der Waals surface area contributed by atoms with Crippen LogP contribution in [0.15, 0.2) is 212 Å². The molecule has 2 aliphatic rings. The maximum atomic E-state index is 2.51. The summed E-state index contributed by atoms with van der Waals surface area (Å²) in [5, 5.41) is 2.61. The van der Waals surface area contributed by atoms with Crippen molar-refractivity contribution in [2.75, 3.05) is 4.90 Å². The Morgan fingerprint density at radius 2 is 0.825 bits per heavy atom. The number of anilines is 3. The van der Waals surface area contributed by atoms with E-state index in [1.165, 1.54) is 86.9 Å². The average Bonchev–Trinajstić information content (AvgIpc) is 3.91. The predicted octanol–water partition coefficient (Wildman–Crippen LogP) is 15.2. The van der Waals surface area contributed by atoms with Crippen molar-refractivity contribution < 1.29 is 0 Å². The standard InChI is InChI=1S/C55H35NS/c1-2-17-36(18-3-1)38-19-7-13-29-50(38)56(51-30-14-8-23-42(51)43-25-16-32-53-54(43)44-24-9-15-31-52(44)57-53)37-33-34-49-45(35-37)41-22-6-12-28-48(41)55(49)46-26-10-4-20-39(46)40-21-5-11-27-47(40)55/h1-35H. The van der Waals surface area contributed by atoms with E-state index in [2.05, 4.69) is 217 Å². The van der Waals surface area contributed by atoms with Gasteiger partial charge in [0.15, 0.2) is 0 Å². The van der Waals surface area contributed by atoms with Crippen molar-refractivity contribution in [2.45, 2.75) is 5.41 Å². The van der Waals surface area contributed by atoms with E-state index in [9.17, 15) is 0 Å². The van der Waals surface area contributed by atoms with Crippen LogP contribution in [0.3, 0.4) is 0 Å². The lowest BCUT2D eigenvalue weighted by molar-refractivity contribution is 0.794. The molecule has 10 aromatic rings. The van der Waals surface area contributed by atoms with Crippen molar-refractivity contribution in [1.82, 2.24) is 0 Å². The van der Waals surface area contributed by atoms with E-state index < -0.39 is 5.41 Å². The lowest BCUT2D eigenvalue weighted by atomic mass is 9.70. The van der Waals surface area contributed by atoms with E-state index in [0.29, 0.717) is 0 Å². The zero-order chi connectivity index (χ0) is 37.5. The van der Waals surface area contributed by atoms with E-state index in [0.717, 1.165) is 17.1 Å². The first-order valence-electron chi connectivity index (χ1n) is 19.7. The van der Waals surface area contributed by atoms with Gasteiger partial charge < -0.3 is 4.90 Å². The average molecular weight is 742 g/mol. The maximum Gasteiger partial charge on any atom is 0.0725 e. The summed E-state index contributed by atoms with van der Waals surface area (Å²) in [6.07, 6.45) is 0. The summed E-state index contributed by atoms with van der Waals surface area (Å²) in [6.45, 7) is 0. The molecule has 0 unspecified atom stereocenters. The van der Waals surface area contributed by atoms with E-state index in [4.69, 9.17) is 0 Å². The largest absolute Gasteiger partial charge is 0.309 e. The van der Waals surface area contributed by atoms with E-state index >= 15 is 0 Å². The number of thiophene rings is 1. The zero-order valence-electron chi connectivity index (χ0n) is 31.1. The van der Waals surface area contributed by atoms with Gasteiger partial charge >= 0.3 is 0 Å². The first-order valence-corrected chi connectivity index (χ1v) is 20.5. The molecule has 1 aromatic heterocycles. The van der Waals surface area contributed by atoms with Gasteiger partial charge in [0, 0.05) is 37.0 Å². The van der Waals surface area contributed by atoms with Crippen LogP contribution >= 0.6 is 11.3 Å². The second kappa shape index (κ2) is 12.5. The van der Waals surface area contributed by atoms with Crippen molar-refractivity contribution in [3.8, 4) is 44.5 Å². The Bertz CT molecular complexity index is 3160. The van der Waals surface area contributed by atoms with Crippen LogP contribution in [0.4, 0.5) is 17.1 Å². The van der Waals surface area contributed by atoms with Gasteiger partial charge in [0.05, 0.1) is 16.8 Å². The summed E-state index contributed by atoms with van der Waals surface area (Å²) >= 11 is 1.87. The molecular weight excluding hydrogens is 707 g/mol. The van der Waals surface area contributed by atoms with Gasteiger partial charge in [-0.25, -0.2) is 0 Å². The van der Waals surface area contributed by atoms with Crippen LogP contribution in [-0.4, -0.2) is 0 Å². The highest BCUT2D eigenvalue weighted by Gasteiger charge is 2.51. The minimum atomic E-state index is -0.391. The Morgan fingerprint density at radius 1 is 0.333 bits per heavy atom. The molecule has 57 heavy (non-hydrogen) atoms. The number of hydrogen-bond donors (Lipinski definition) is 0. The predicted molar refractivity (Wildman–Crippen MR) is 241 cm³/mol. The summed E-state index contributed by atoms with van der Waals surface area (Å²) in [5.41, 5.74) is 18.4. The maximum absolute atomic E-state index is 2.51. The van der Waals surface area contributed by atoms with Gasteiger partial charge in [0.25, 0.3) is 0 Å². The molecule has 266 valence electrons. The highest BCUT2D eigenvalue weighted by Crippen LogP contribution is 2.63. The first-order chi connectivity index (χ1) is 28.3. The molecule has 1 spiro atoms. The van der Waals surface area contributed by atoms with Crippen LogP contribution in [0.2, 0.25) is 0 Å². The number of nitrogens with zero attached hydrogens (tertiary/aromatic N) is 1. The molecule has 12 rings (SSSR count). The SMILES string of the molecule is c1ccc(-c2ccccc2N(c2ccc3c(c2)-c2ccccc2C32c3ccccc3-c3ccccc32)c2ccccc2-c2cccc3sc4ccccc4c23)cc1. The van der Waals surface area contributed by atoms with Crippen molar-refractivity contribution >= 4 is 48.6 Å². The summed E-state index contributed by atoms with van der Waals surface area (Å²) < 4.78 is 2.61. The van der Waals surface area contributed by atoms with Crippen LogP contribution in [0.1, 0.15) is 22.3 Å². The molecule has 0 N–H and O–H groups in total. The van der Waals surface area contributed by atoms with Crippen molar-refractivity contribution in [3.63, 3.8) is 0 Å². The molecule has 0 fully saturated rings. The quantitative estimate of drug-likeness (QED) is 0.170. The number of para-hydroxylation sites is 2. The van der Waals surface area contributed by atoms with Crippen molar-refractivity contribution in [3.05, 3.63) is 235 Å². The van der Waals surface area contributed by atoms with Gasteiger partial charge in [0.1, 0.15) is 0 Å². The van der Waals surface area contributed by atoms with Gasteiger partial charge in [0.2, 0.25) is 0 Å². The normalized spacial score (nSPS) is 13.1. The Morgan fingerprint density at radius 3 is 1.53 bits per heavy atom. The van der Waals surface area contributed by atoms with Gasteiger partial charge in [-0.2, -0.15) is 0 Å². The number of fused-ring (bicyclic) bond motifs is 13. The molecule has 0 saturated carbocycles. The van der Waals surface area contributed by atoms with Gasteiger partial charge in [-0.15, -0.1) is 11.3 Å². The second-order valence-corrected chi connectivity index (χ2v) is 16.2. The van der Waals surface area contributed by atoms with Gasteiger partial charge in [-0.05, 0) is 92.0 Å². The van der Waals surface area contributed by atoms with Gasteiger partial charge in [-0.3, -0.25) is 0 Å². The molecule has 9 aromatic carbocycles. The van der Waals surface area contributed by atoms with Gasteiger partial charge in [-0.1, -0.05) is 176 Å². The molecule has 2 heteroatoms. The molecule has 0 bridgehead atoms. The molecule has 1 heterocycles. The smallest absolute Gasteiger partial charge is 0.0725 e. The zero-order valence-corrected chi connectivity index (χ0v) is 31.9. The lowest BCUT2D eigenvalue weighted by Gasteiger charge is -2.32. The summed E-state index contributed by atoms with van der Waals surface area (Å²) in [7, 11) is 0. The molecule has 2 aliphatic carbocycles. The fourth-order valence-corrected chi connectivity index (χ4v) is 11.2. The molecule has 0 saturated heterocycles. The Kier molecular flexibility index (Phi) is 7.08. The highest BCUT2D eigenvalue weighted by molar-refractivity contribution is 7.25. The fourth-order valence-electron chi connectivity index (χ4n) is 10.1. The number of hydrogen-bond acceptors (Lipinski definition) is 2. The summed E-state index contributed by atoms with van der Waals surface area (Å²) in [5.74, 6) is 0. The summed E-state index contributed by atoms with van der Waals surface area (Å²) in [6, 6.07) is 78.7. The van der Waals surface area contributed by atoms with Crippen LogP contribution in [0.25, 0.3) is 64.7 Å². The minimum Gasteiger partial charge on any atom is -0.309 e. The van der Waals surface area contributed by atoms with Crippen LogP contribution in [0, 0.1) is 0 Å². The van der Waals surface area contributed by atoms with E-state index in [-0.39, 0.29) is 0 Å². The molecule has 0 radical (unpaired) electrons. The monoisotopic (exact) mass is 741 g/mol. The lowest BCUT2D eigenvalue weighted by Crippen LogP contribution is -2.25. The molecule has 0 atom stereocenters. The number of rotatable bonds is 5. The van der Waals surface area contributed by atoms with Crippen LogP contribution in [0.5, 0.6) is 0 Å². The molecule has 0 aliphatic heterocycles. The first kappa shape index (κ1) is 32.3. The van der Waals surface area contributed by atoms with Crippen molar-refractivity contribution in [2.24, 2.45) is 0 Å². The molecular formula is C55H35NS. The van der Waals surface area contributed by atoms with Crippen molar-refractivity contribution in [1.29, 1.82) is 0 Å². The minimum absolute atomic E-state index is 0.391.